The van der Waals surface area contributed by atoms with Crippen LogP contribution in [0.5, 0.6) is 0 Å². The number of carbonyl (C=O) groups excluding carboxylic acids is 3. The molecule has 0 saturated heterocycles. The number of aliphatic hydroxyl groups excluding tert-OH is 4. The van der Waals surface area contributed by atoms with Gasteiger partial charge >= 0.3 is 0 Å². The lowest BCUT2D eigenvalue weighted by atomic mass is 10.1. The van der Waals surface area contributed by atoms with Gasteiger partial charge in [0.15, 0.2) is 5.78 Å². The van der Waals surface area contributed by atoms with Gasteiger partial charge in [-0.2, -0.15) is 0 Å². The quantitative estimate of drug-likeness (QED) is 0.119. The summed E-state index contributed by atoms with van der Waals surface area (Å²) in [6, 6.07) is 6.07. The Morgan fingerprint density at radius 1 is 1.15 bits per heavy atom. The van der Waals surface area contributed by atoms with Crippen molar-refractivity contribution in [1.82, 2.24) is 16.3 Å². The van der Waals surface area contributed by atoms with Gasteiger partial charge in [-0.25, -0.2) is 10.9 Å². The van der Waals surface area contributed by atoms with Crippen molar-refractivity contribution in [3.63, 3.8) is 0 Å². The van der Waals surface area contributed by atoms with Crippen LogP contribution in [0.3, 0.4) is 0 Å². The first-order valence-electron chi connectivity index (χ1n) is 7.73. The summed E-state index contributed by atoms with van der Waals surface area (Å²) in [6.07, 6.45) is -3.06. The minimum atomic E-state index is -1.94. The Morgan fingerprint density at radius 3 is 2.48 bits per heavy atom. The molecule has 0 aliphatic rings. The minimum Gasteiger partial charge on any atom is -0.394 e. The second kappa shape index (κ2) is 11.1. The Hall–Kier alpha value is -2.67. The predicted molar refractivity (Wildman–Crippen MR) is 91.0 cm³/mol. The maximum absolute atomic E-state index is 12.0. The lowest BCUT2D eigenvalue weighted by molar-refractivity contribution is -0.139. The molecule has 0 heterocycles. The average Bonchev–Trinajstić information content (AvgIpc) is 2.69. The number of ketones is 1. The van der Waals surface area contributed by atoms with Crippen LogP contribution in [0, 0.1) is 0 Å². The Labute approximate surface area is 153 Å². The van der Waals surface area contributed by atoms with Crippen LogP contribution >= 0.6 is 0 Å². The van der Waals surface area contributed by atoms with E-state index in [1.54, 1.807) is 12.1 Å². The lowest BCUT2D eigenvalue weighted by Gasteiger charge is -2.20. The van der Waals surface area contributed by atoms with Crippen LogP contribution in [-0.4, -0.2) is 74.7 Å². The predicted octanol–water partition coefficient (Wildman–Crippen LogP) is -2.92. The molecule has 0 aromatic heterocycles. The number of benzene rings is 1. The second-order valence-corrected chi connectivity index (χ2v) is 5.39. The summed E-state index contributed by atoms with van der Waals surface area (Å²) in [5.41, 5.74) is 6.60. The van der Waals surface area contributed by atoms with E-state index in [4.69, 9.17) is 10.3 Å². The third-order valence-electron chi connectivity index (χ3n) is 3.39. The Balaban J connectivity index is 2.56. The van der Waals surface area contributed by atoms with E-state index in [-0.39, 0.29) is 5.56 Å². The molecule has 0 aliphatic carbocycles. The molecule has 0 radical (unpaired) electrons. The van der Waals surface area contributed by atoms with E-state index in [0.29, 0.717) is 5.56 Å². The molecule has 11 heteroatoms. The Kier molecular flexibility index (Phi) is 9.22. The van der Waals surface area contributed by atoms with Gasteiger partial charge in [0.2, 0.25) is 0 Å². The van der Waals surface area contributed by atoms with E-state index in [0.717, 1.165) is 6.08 Å². The van der Waals surface area contributed by atoms with Crippen molar-refractivity contribution in [2.24, 2.45) is 0 Å². The number of hydrazine groups is 1. The summed E-state index contributed by atoms with van der Waals surface area (Å²) in [7, 11) is 0. The number of carbonyl (C=O) groups is 3. The lowest BCUT2D eigenvalue weighted by Crippen LogP contribution is -2.49. The molecule has 0 saturated carbocycles. The molecule has 0 fully saturated rings. The van der Waals surface area contributed by atoms with E-state index in [1.165, 1.54) is 23.7 Å². The van der Waals surface area contributed by atoms with Crippen molar-refractivity contribution in [2.45, 2.75) is 18.3 Å². The highest BCUT2D eigenvalue weighted by Crippen LogP contribution is 2.07. The standard InChI is InChI=1S/C16H21N3O8/c20-8-12(22)15(25)14(24)11(21)7-17-18-16(26)10-3-1-2-9(6-10)4-5-13(23)19-27/h1-6,12,14-15,17,20,22,24-25,27H,7-8H2,(H,18,26)(H,19,23)/b5-4+/t12-,14-,15-/m0/s1. The van der Waals surface area contributed by atoms with Gasteiger partial charge in [0.05, 0.1) is 13.2 Å². The number of hydroxylamine groups is 1. The largest absolute Gasteiger partial charge is 0.394 e. The number of amides is 2. The summed E-state index contributed by atoms with van der Waals surface area (Å²) in [5, 5.41) is 45.2. The van der Waals surface area contributed by atoms with E-state index >= 15 is 0 Å². The third-order valence-corrected chi connectivity index (χ3v) is 3.39. The summed E-state index contributed by atoms with van der Waals surface area (Å²) < 4.78 is 0. The van der Waals surface area contributed by atoms with Gasteiger partial charge in [0, 0.05) is 11.6 Å². The third kappa shape index (κ3) is 7.22. The molecule has 1 aromatic carbocycles. The topological polar surface area (TPSA) is 188 Å². The SMILES string of the molecule is O=C(/C=C/c1cccc(C(=O)NNCC(=O)[C@H](O)[C@@H](O)[C@@H](O)CO)c1)NO. The molecular formula is C16H21N3O8. The monoisotopic (exact) mass is 383 g/mol. The smallest absolute Gasteiger partial charge is 0.267 e. The van der Waals surface area contributed by atoms with E-state index < -0.39 is 49.1 Å². The van der Waals surface area contributed by atoms with Crippen LogP contribution in [0.4, 0.5) is 0 Å². The zero-order chi connectivity index (χ0) is 20.4. The van der Waals surface area contributed by atoms with E-state index in [1.807, 2.05) is 0 Å². The fourth-order valence-corrected chi connectivity index (χ4v) is 1.89. The van der Waals surface area contributed by atoms with Crippen molar-refractivity contribution < 1.29 is 40.0 Å². The molecule has 27 heavy (non-hydrogen) atoms. The van der Waals surface area contributed by atoms with Crippen LogP contribution in [-0.2, 0) is 9.59 Å². The molecule has 8 N–H and O–H groups in total. The molecule has 3 atom stereocenters. The molecule has 0 spiro atoms. The summed E-state index contributed by atoms with van der Waals surface area (Å²) >= 11 is 0. The van der Waals surface area contributed by atoms with Gasteiger partial charge in [0.1, 0.15) is 18.3 Å². The highest BCUT2D eigenvalue weighted by molar-refractivity contribution is 5.95. The van der Waals surface area contributed by atoms with Crippen LogP contribution in [0.15, 0.2) is 30.3 Å². The van der Waals surface area contributed by atoms with Crippen molar-refractivity contribution in [2.75, 3.05) is 13.2 Å². The highest BCUT2D eigenvalue weighted by atomic mass is 16.5. The zero-order valence-electron chi connectivity index (χ0n) is 14.1. The number of aliphatic hydroxyl groups is 4. The van der Waals surface area contributed by atoms with E-state index in [2.05, 4.69) is 10.9 Å². The van der Waals surface area contributed by atoms with Gasteiger partial charge in [-0.05, 0) is 23.8 Å². The Morgan fingerprint density at radius 2 is 1.85 bits per heavy atom. The van der Waals surface area contributed by atoms with Crippen molar-refractivity contribution in [3.8, 4) is 0 Å². The van der Waals surface area contributed by atoms with Gasteiger partial charge in [0.25, 0.3) is 11.8 Å². The average molecular weight is 383 g/mol. The van der Waals surface area contributed by atoms with Crippen LogP contribution in [0.1, 0.15) is 15.9 Å². The zero-order valence-corrected chi connectivity index (χ0v) is 14.1. The summed E-state index contributed by atoms with van der Waals surface area (Å²) in [5.74, 6) is -2.27. The molecule has 0 bridgehead atoms. The molecule has 1 rings (SSSR count). The van der Waals surface area contributed by atoms with Gasteiger partial charge < -0.3 is 20.4 Å². The fraction of sp³-hybridized carbons (Fsp3) is 0.312. The van der Waals surface area contributed by atoms with Crippen LogP contribution < -0.4 is 16.3 Å². The van der Waals surface area contributed by atoms with Gasteiger partial charge in [-0.15, -0.1) is 0 Å². The van der Waals surface area contributed by atoms with E-state index in [9.17, 15) is 29.7 Å². The number of Topliss-reactive ketones (excluding diaryl/α,β-unsaturated/α-hetero) is 1. The molecule has 2 amide bonds. The molecular weight excluding hydrogens is 362 g/mol. The maximum Gasteiger partial charge on any atom is 0.267 e. The summed E-state index contributed by atoms with van der Waals surface area (Å²) in [6.45, 7) is -1.38. The molecule has 0 aliphatic heterocycles. The highest BCUT2D eigenvalue weighted by Gasteiger charge is 2.29. The number of rotatable bonds is 10. The molecule has 1 aromatic rings. The van der Waals surface area contributed by atoms with Crippen molar-refractivity contribution in [1.29, 1.82) is 0 Å². The first kappa shape index (κ1) is 22.4. The maximum atomic E-state index is 12.0. The van der Waals surface area contributed by atoms with Gasteiger partial charge in [-0.3, -0.25) is 25.0 Å². The second-order valence-electron chi connectivity index (χ2n) is 5.39. The number of hydrogen-bond acceptors (Lipinski definition) is 9. The number of nitrogens with one attached hydrogen (secondary N) is 3. The van der Waals surface area contributed by atoms with Gasteiger partial charge in [-0.1, -0.05) is 12.1 Å². The molecule has 11 nitrogen and oxygen atoms in total. The van der Waals surface area contributed by atoms with Crippen molar-refractivity contribution in [3.05, 3.63) is 41.5 Å². The first-order chi connectivity index (χ1) is 12.8. The normalized spacial score (nSPS) is 14.4. The first-order valence-corrected chi connectivity index (χ1v) is 7.73. The fourth-order valence-electron chi connectivity index (χ4n) is 1.89. The minimum absolute atomic E-state index is 0.192. The molecule has 0 unspecified atom stereocenters. The number of hydrogen-bond donors (Lipinski definition) is 8. The van der Waals surface area contributed by atoms with Crippen LogP contribution in [0.25, 0.3) is 6.08 Å². The Bertz CT molecular complexity index is 694. The summed E-state index contributed by atoms with van der Waals surface area (Å²) in [4.78, 5) is 34.6. The van der Waals surface area contributed by atoms with Crippen LogP contribution in [0.2, 0.25) is 0 Å². The van der Waals surface area contributed by atoms with Crippen molar-refractivity contribution >= 4 is 23.7 Å². The molecule has 148 valence electrons.